The van der Waals surface area contributed by atoms with E-state index in [1.807, 2.05) is 6.92 Å². The number of nitrogens with zero attached hydrogens (tertiary/aromatic N) is 1. The van der Waals surface area contributed by atoms with Gasteiger partial charge in [-0.05, 0) is 36.2 Å². The van der Waals surface area contributed by atoms with Crippen molar-refractivity contribution in [3.63, 3.8) is 0 Å². The molecule has 0 aliphatic carbocycles. The minimum Gasteiger partial charge on any atom is -0.478 e. The molecular weight excluding hydrogens is 238 g/mol. The first-order valence-electron chi connectivity index (χ1n) is 5.04. The van der Waals surface area contributed by atoms with Crippen LogP contribution in [0, 0.1) is 6.92 Å². The van der Waals surface area contributed by atoms with E-state index >= 15 is 0 Å². The van der Waals surface area contributed by atoms with E-state index in [2.05, 4.69) is 4.98 Å². The first-order chi connectivity index (χ1) is 8.08. The molecule has 0 saturated carbocycles. The van der Waals surface area contributed by atoms with Crippen LogP contribution in [0.15, 0.2) is 36.5 Å². The zero-order valence-corrected chi connectivity index (χ0v) is 9.90. The predicted molar refractivity (Wildman–Crippen MR) is 66.4 cm³/mol. The number of carbonyl (C=O) groups is 1. The Balaban J connectivity index is 2.60. The summed E-state index contributed by atoms with van der Waals surface area (Å²) >= 11 is 5.80. The second kappa shape index (κ2) is 4.55. The highest BCUT2D eigenvalue weighted by Crippen LogP contribution is 2.25. The van der Waals surface area contributed by atoms with Gasteiger partial charge in [0.05, 0.1) is 5.56 Å². The zero-order valence-electron chi connectivity index (χ0n) is 9.14. The van der Waals surface area contributed by atoms with Crippen molar-refractivity contribution in [2.45, 2.75) is 6.92 Å². The number of halogens is 1. The third kappa shape index (κ3) is 2.45. The van der Waals surface area contributed by atoms with Crippen molar-refractivity contribution in [2.75, 3.05) is 0 Å². The molecule has 0 atom stereocenters. The predicted octanol–water partition coefficient (Wildman–Crippen LogP) is 3.41. The molecule has 0 bridgehead atoms. The fourth-order valence-electron chi connectivity index (χ4n) is 1.60. The molecular formula is C13H10ClNO2. The Bertz CT molecular complexity index is 564. The first kappa shape index (κ1) is 11.6. The van der Waals surface area contributed by atoms with Gasteiger partial charge in [0.25, 0.3) is 0 Å². The van der Waals surface area contributed by atoms with E-state index in [-0.39, 0.29) is 5.56 Å². The summed E-state index contributed by atoms with van der Waals surface area (Å²) in [4.78, 5) is 15.1. The molecule has 1 N–H and O–H groups in total. The average Bonchev–Trinajstić information content (AvgIpc) is 2.29. The molecule has 2 aromatic rings. The molecule has 0 saturated heterocycles. The van der Waals surface area contributed by atoms with E-state index in [4.69, 9.17) is 16.7 Å². The number of hydrogen-bond acceptors (Lipinski definition) is 2. The van der Waals surface area contributed by atoms with Crippen molar-refractivity contribution in [1.82, 2.24) is 4.98 Å². The maximum absolute atomic E-state index is 11.1. The summed E-state index contributed by atoms with van der Waals surface area (Å²) in [5, 5.41) is 9.73. The Morgan fingerprint density at radius 1 is 1.29 bits per heavy atom. The summed E-state index contributed by atoms with van der Waals surface area (Å²) in [5.74, 6) is -0.984. The van der Waals surface area contributed by atoms with Crippen molar-refractivity contribution in [3.05, 3.63) is 52.8 Å². The SMILES string of the molecule is Cc1cc(-c2ccc(Cl)cc2)c(C(=O)O)cn1. The van der Waals surface area contributed by atoms with E-state index in [0.717, 1.165) is 11.3 Å². The van der Waals surface area contributed by atoms with Gasteiger partial charge in [0, 0.05) is 16.9 Å². The average molecular weight is 248 g/mol. The summed E-state index contributed by atoms with van der Waals surface area (Å²) in [6.45, 7) is 1.82. The van der Waals surface area contributed by atoms with Gasteiger partial charge >= 0.3 is 5.97 Å². The van der Waals surface area contributed by atoms with Crippen molar-refractivity contribution < 1.29 is 9.90 Å². The summed E-state index contributed by atoms with van der Waals surface area (Å²) < 4.78 is 0. The fourth-order valence-corrected chi connectivity index (χ4v) is 1.72. The van der Waals surface area contributed by atoms with Crippen LogP contribution >= 0.6 is 11.6 Å². The van der Waals surface area contributed by atoms with Gasteiger partial charge in [-0.3, -0.25) is 4.98 Å². The van der Waals surface area contributed by atoms with Crippen molar-refractivity contribution in [3.8, 4) is 11.1 Å². The van der Waals surface area contributed by atoms with Crippen LogP contribution < -0.4 is 0 Å². The highest BCUT2D eigenvalue weighted by molar-refractivity contribution is 6.30. The quantitative estimate of drug-likeness (QED) is 0.885. The lowest BCUT2D eigenvalue weighted by molar-refractivity contribution is 0.0697. The third-order valence-electron chi connectivity index (χ3n) is 2.43. The molecule has 17 heavy (non-hydrogen) atoms. The molecule has 0 aliphatic rings. The van der Waals surface area contributed by atoms with E-state index < -0.39 is 5.97 Å². The van der Waals surface area contributed by atoms with Crippen LogP contribution in [0.2, 0.25) is 5.02 Å². The number of hydrogen-bond donors (Lipinski definition) is 1. The zero-order chi connectivity index (χ0) is 12.4. The number of aromatic nitrogens is 1. The summed E-state index contributed by atoms with van der Waals surface area (Å²) in [7, 11) is 0. The highest BCUT2D eigenvalue weighted by Gasteiger charge is 2.12. The lowest BCUT2D eigenvalue weighted by Crippen LogP contribution is -2.01. The Morgan fingerprint density at radius 3 is 2.53 bits per heavy atom. The number of carboxylic acid groups (broad SMARTS) is 1. The number of carboxylic acids is 1. The fraction of sp³-hybridized carbons (Fsp3) is 0.0769. The molecule has 0 unspecified atom stereocenters. The molecule has 0 radical (unpaired) electrons. The van der Waals surface area contributed by atoms with E-state index in [1.54, 1.807) is 30.3 Å². The molecule has 0 amide bonds. The molecule has 1 aromatic carbocycles. The Kier molecular flexibility index (Phi) is 3.11. The van der Waals surface area contributed by atoms with Crippen LogP contribution in [0.3, 0.4) is 0 Å². The molecule has 3 nitrogen and oxygen atoms in total. The Labute approximate surface area is 104 Å². The maximum atomic E-state index is 11.1. The molecule has 0 fully saturated rings. The smallest absolute Gasteiger partial charge is 0.337 e. The minimum atomic E-state index is -0.984. The number of pyridine rings is 1. The van der Waals surface area contributed by atoms with Crippen LogP contribution in [0.5, 0.6) is 0 Å². The monoisotopic (exact) mass is 247 g/mol. The van der Waals surface area contributed by atoms with Gasteiger partial charge in [0.15, 0.2) is 0 Å². The minimum absolute atomic E-state index is 0.193. The van der Waals surface area contributed by atoms with Crippen LogP contribution in [0.25, 0.3) is 11.1 Å². The lowest BCUT2D eigenvalue weighted by atomic mass is 10.0. The van der Waals surface area contributed by atoms with Crippen molar-refractivity contribution in [2.24, 2.45) is 0 Å². The Hall–Kier alpha value is -1.87. The van der Waals surface area contributed by atoms with Gasteiger partial charge < -0.3 is 5.11 Å². The molecule has 4 heteroatoms. The van der Waals surface area contributed by atoms with Crippen molar-refractivity contribution in [1.29, 1.82) is 0 Å². The van der Waals surface area contributed by atoms with E-state index in [0.29, 0.717) is 10.6 Å². The molecule has 1 aromatic heterocycles. The molecule has 86 valence electrons. The topological polar surface area (TPSA) is 50.2 Å². The largest absolute Gasteiger partial charge is 0.478 e. The lowest BCUT2D eigenvalue weighted by Gasteiger charge is -2.07. The second-order valence-corrected chi connectivity index (χ2v) is 4.12. The molecule has 0 spiro atoms. The van der Waals surface area contributed by atoms with Gasteiger partial charge in [0.2, 0.25) is 0 Å². The molecule has 2 rings (SSSR count). The van der Waals surface area contributed by atoms with Crippen molar-refractivity contribution >= 4 is 17.6 Å². The summed E-state index contributed by atoms with van der Waals surface area (Å²) in [5.41, 5.74) is 2.44. The third-order valence-corrected chi connectivity index (χ3v) is 2.68. The van der Waals surface area contributed by atoms with Gasteiger partial charge in [0.1, 0.15) is 0 Å². The van der Waals surface area contributed by atoms with Crippen LogP contribution in [-0.4, -0.2) is 16.1 Å². The first-order valence-corrected chi connectivity index (χ1v) is 5.41. The number of aromatic carboxylic acids is 1. The van der Waals surface area contributed by atoms with Gasteiger partial charge in [-0.15, -0.1) is 0 Å². The standard InChI is InChI=1S/C13H10ClNO2/c1-8-6-11(12(7-15-8)13(16)17)9-2-4-10(14)5-3-9/h2-7H,1H3,(H,16,17). The summed E-state index contributed by atoms with van der Waals surface area (Å²) in [6.07, 6.45) is 1.38. The second-order valence-electron chi connectivity index (χ2n) is 3.68. The number of benzene rings is 1. The van der Waals surface area contributed by atoms with Crippen LogP contribution in [0.1, 0.15) is 16.1 Å². The van der Waals surface area contributed by atoms with Crippen LogP contribution in [-0.2, 0) is 0 Å². The normalized spacial score (nSPS) is 10.2. The number of rotatable bonds is 2. The number of aryl methyl sites for hydroxylation is 1. The van der Waals surface area contributed by atoms with Crippen LogP contribution in [0.4, 0.5) is 0 Å². The Morgan fingerprint density at radius 2 is 1.94 bits per heavy atom. The highest BCUT2D eigenvalue weighted by atomic mass is 35.5. The molecule has 1 heterocycles. The maximum Gasteiger partial charge on any atom is 0.337 e. The van der Waals surface area contributed by atoms with E-state index in [1.165, 1.54) is 6.20 Å². The molecule has 0 aliphatic heterocycles. The van der Waals surface area contributed by atoms with Gasteiger partial charge in [-0.2, -0.15) is 0 Å². The summed E-state index contributed by atoms with van der Waals surface area (Å²) in [6, 6.07) is 8.82. The van der Waals surface area contributed by atoms with Gasteiger partial charge in [-0.1, -0.05) is 23.7 Å². The van der Waals surface area contributed by atoms with E-state index in [9.17, 15) is 4.79 Å². The van der Waals surface area contributed by atoms with Gasteiger partial charge in [-0.25, -0.2) is 4.79 Å².